The number of H-pyrrole nitrogens is 1. The molecule has 0 spiro atoms. The standard InChI is InChI=1S/C20H24N6OS/c1-28-11-9-16(19-22-14-7-2-3-8-15(14)23-19)24-20(27)18-12-17(25-26-18)13-6-4-5-10-21-13/h2-8,10,16-18,25-26H,9,11-12H2,1H3,(H,22,23)(H,24,27). The van der Waals surface area contributed by atoms with Crippen molar-refractivity contribution in [3.8, 4) is 0 Å². The van der Waals surface area contributed by atoms with E-state index < -0.39 is 0 Å². The van der Waals surface area contributed by atoms with Gasteiger partial charge in [0.1, 0.15) is 11.9 Å². The summed E-state index contributed by atoms with van der Waals surface area (Å²) in [5.41, 5.74) is 9.12. The average molecular weight is 397 g/mol. The quantitative estimate of drug-likeness (QED) is 0.490. The SMILES string of the molecule is CSCCC(NC(=O)C1CC(c2ccccn2)NN1)c1nc2ccccc2[nH]1. The third-order valence-electron chi connectivity index (χ3n) is 4.93. The Morgan fingerprint density at radius 2 is 2.11 bits per heavy atom. The molecular weight excluding hydrogens is 372 g/mol. The number of para-hydroxylation sites is 2. The van der Waals surface area contributed by atoms with E-state index in [4.69, 9.17) is 0 Å². The highest BCUT2D eigenvalue weighted by molar-refractivity contribution is 7.98. The highest BCUT2D eigenvalue weighted by Gasteiger charge is 2.32. The Balaban J connectivity index is 1.45. The largest absolute Gasteiger partial charge is 0.345 e. The molecule has 1 aliphatic heterocycles. The fourth-order valence-electron chi connectivity index (χ4n) is 3.43. The number of pyridine rings is 1. The predicted octanol–water partition coefficient (Wildman–Crippen LogP) is 2.48. The van der Waals surface area contributed by atoms with Crippen LogP contribution in [0.25, 0.3) is 11.0 Å². The van der Waals surface area contributed by atoms with Gasteiger partial charge in [0.15, 0.2) is 0 Å². The summed E-state index contributed by atoms with van der Waals surface area (Å²) in [5.74, 6) is 1.71. The lowest BCUT2D eigenvalue weighted by atomic mass is 10.1. The lowest BCUT2D eigenvalue weighted by molar-refractivity contribution is -0.123. The first-order valence-corrected chi connectivity index (χ1v) is 10.8. The summed E-state index contributed by atoms with van der Waals surface area (Å²) >= 11 is 1.76. The Bertz CT molecular complexity index is 898. The first-order chi connectivity index (χ1) is 13.7. The number of hydrogen-bond donors (Lipinski definition) is 4. The molecule has 1 aromatic carbocycles. The molecule has 0 bridgehead atoms. The van der Waals surface area contributed by atoms with E-state index in [9.17, 15) is 4.79 Å². The van der Waals surface area contributed by atoms with E-state index in [1.54, 1.807) is 18.0 Å². The first-order valence-electron chi connectivity index (χ1n) is 9.40. The number of hydrogen-bond acceptors (Lipinski definition) is 6. The predicted molar refractivity (Wildman–Crippen MR) is 112 cm³/mol. The summed E-state index contributed by atoms with van der Waals surface area (Å²) in [7, 11) is 0. The van der Waals surface area contributed by atoms with Crippen LogP contribution in [0.1, 0.15) is 36.4 Å². The van der Waals surface area contributed by atoms with Gasteiger partial charge in [0.2, 0.25) is 5.91 Å². The number of fused-ring (bicyclic) bond motifs is 1. The van der Waals surface area contributed by atoms with Crippen molar-refractivity contribution < 1.29 is 4.79 Å². The lowest BCUT2D eigenvalue weighted by Crippen LogP contribution is -2.44. The van der Waals surface area contributed by atoms with Crippen molar-refractivity contribution in [2.75, 3.05) is 12.0 Å². The number of aromatic nitrogens is 3. The Labute approximate surface area is 168 Å². The molecule has 3 heterocycles. The third kappa shape index (κ3) is 4.19. The van der Waals surface area contributed by atoms with Crippen molar-refractivity contribution in [3.05, 3.63) is 60.2 Å². The molecule has 0 radical (unpaired) electrons. The number of aromatic amines is 1. The molecule has 3 aromatic rings. The number of hydrazine groups is 1. The highest BCUT2D eigenvalue weighted by Crippen LogP contribution is 2.23. The number of rotatable bonds is 7. The summed E-state index contributed by atoms with van der Waals surface area (Å²) in [6.07, 6.45) is 5.30. The van der Waals surface area contributed by atoms with Crippen molar-refractivity contribution >= 4 is 28.7 Å². The molecule has 28 heavy (non-hydrogen) atoms. The Kier molecular flexibility index (Phi) is 5.90. The van der Waals surface area contributed by atoms with E-state index in [1.807, 2.05) is 42.5 Å². The number of benzene rings is 1. The van der Waals surface area contributed by atoms with Gasteiger partial charge in [0.05, 0.1) is 28.8 Å². The zero-order valence-corrected chi connectivity index (χ0v) is 16.5. The molecule has 7 nitrogen and oxygen atoms in total. The topological polar surface area (TPSA) is 94.7 Å². The van der Waals surface area contributed by atoms with E-state index in [0.29, 0.717) is 6.42 Å². The van der Waals surface area contributed by atoms with Gasteiger partial charge in [-0.2, -0.15) is 11.8 Å². The molecule has 4 rings (SSSR count). The van der Waals surface area contributed by atoms with Gasteiger partial charge in [-0.1, -0.05) is 18.2 Å². The molecule has 0 saturated carbocycles. The van der Waals surface area contributed by atoms with Crippen LogP contribution >= 0.6 is 11.8 Å². The van der Waals surface area contributed by atoms with E-state index >= 15 is 0 Å². The van der Waals surface area contributed by atoms with Gasteiger partial charge < -0.3 is 10.3 Å². The van der Waals surface area contributed by atoms with Crippen molar-refractivity contribution in [1.29, 1.82) is 0 Å². The van der Waals surface area contributed by atoms with Crippen LogP contribution in [-0.4, -0.2) is 38.9 Å². The Morgan fingerprint density at radius 1 is 1.25 bits per heavy atom. The van der Waals surface area contributed by atoms with Crippen LogP contribution in [0.2, 0.25) is 0 Å². The molecule has 1 saturated heterocycles. The zero-order valence-electron chi connectivity index (χ0n) is 15.7. The third-order valence-corrected chi connectivity index (χ3v) is 5.57. The van der Waals surface area contributed by atoms with Crippen LogP contribution in [0.5, 0.6) is 0 Å². The van der Waals surface area contributed by atoms with Crippen LogP contribution in [-0.2, 0) is 4.79 Å². The minimum absolute atomic E-state index is 0.0211. The smallest absolute Gasteiger partial charge is 0.239 e. The van der Waals surface area contributed by atoms with E-state index in [-0.39, 0.29) is 24.0 Å². The van der Waals surface area contributed by atoms with Crippen LogP contribution in [0, 0.1) is 0 Å². The van der Waals surface area contributed by atoms with E-state index in [0.717, 1.165) is 34.7 Å². The van der Waals surface area contributed by atoms with Crippen molar-refractivity contribution in [3.63, 3.8) is 0 Å². The molecule has 4 N–H and O–H groups in total. The number of thioether (sulfide) groups is 1. The molecule has 3 atom stereocenters. The van der Waals surface area contributed by atoms with Crippen molar-refractivity contribution in [1.82, 2.24) is 31.1 Å². The van der Waals surface area contributed by atoms with Crippen molar-refractivity contribution in [2.45, 2.75) is 31.0 Å². The second kappa shape index (κ2) is 8.72. The maximum atomic E-state index is 12.9. The summed E-state index contributed by atoms with van der Waals surface area (Å²) in [6, 6.07) is 13.3. The van der Waals surface area contributed by atoms with Gasteiger partial charge in [-0.05, 0) is 49.1 Å². The molecule has 146 valence electrons. The van der Waals surface area contributed by atoms with Crippen LogP contribution in [0.4, 0.5) is 0 Å². The first kappa shape index (κ1) is 18.9. The van der Waals surface area contributed by atoms with E-state index in [1.165, 1.54) is 0 Å². The number of carbonyl (C=O) groups excluding carboxylic acids is 1. The Hall–Kier alpha value is -2.42. The summed E-state index contributed by atoms with van der Waals surface area (Å²) < 4.78 is 0. The number of nitrogens with zero attached hydrogens (tertiary/aromatic N) is 2. The molecule has 2 aromatic heterocycles. The normalized spacial score (nSPS) is 20.3. The molecule has 1 aliphatic rings. The highest BCUT2D eigenvalue weighted by atomic mass is 32.2. The summed E-state index contributed by atoms with van der Waals surface area (Å²) in [4.78, 5) is 25.3. The monoisotopic (exact) mass is 396 g/mol. The van der Waals surface area contributed by atoms with E-state index in [2.05, 4.69) is 37.4 Å². The van der Waals surface area contributed by atoms with Gasteiger partial charge in [-0.25, -0.2) is 15.8 Å². The average Bonchev–Trinajstić information content (AvgIpc) is 3.39. The van der Waals surface area contributed by atoms with Gasteiger partial charge in [0.25, 0.3) is 0 Å². The molecule has 1 amide bonds. The number of imidazole rings is 1. The van der Waals surface area contributed by atoms with Gasteiger partial charge in [-0.3, -0.25) is 9.78 Å². The number of nitrogens with one attached hydrogen (secondary N) is 4. The maximum Gasteiger partial charge on any atom is 0.239 e. The minimum Gasteiger partial charge on any atom is -0.345 e. The number of carbonyl (C=O) groups is 1. The summed E-state index contributed by atoms with van der Waals surface area (Å²) in [6.45, 7) is 0. The second-order valence-corrected chi connectivity index (χ2v) is 7.85. The lowest BCUT2D eigenvalue weighted by Gasteiger charge is -2.19. The van der Waals surface area contributed by atoms with Gasteiger partial charge in [-0.15, -0.1) is 0 Å². The second-order valence-electron chi connectivity index (χ2n) is 6.87. The van der Waals surface area contributed by atoms with Crippen LogP contribution in [0.15, 0.2) is 48.7 Å². The molecule has 8 heteroatoms. The van der Waals surface area contributed by atoms with Crippen LogP contribution in [0.3, 0.4) is 0 Å². The fraction of sp³-hybridized carbons (Fsp3) is 0.350. The van der Waals surface area contributed by atoms with Gasteiger partial charge >= 0.3 is 0 Å². The summed E-state index contributed by atoms with van der Waals surface area (Å²) in [5, 5.41) is 3.17. The fourth-order valence-corrected chi connectivity index (χ4v) is 3.90. The Morgan fingerprint density at radius 3 is 2.89 bits per heavy atom. The number of amides is 1. The molecule has 0 aliphatic carbocycles. The maximum absolute atomic E-state index is 12.9. The van der Waals surface area contributed by atoms with Crippen LogP contribution < -0.4 is 16.2 Å². The van der Waals surface area contributed by atoms with Gasteiger partial charge in [0, 0.05) is 6.20 Å². The molecular formula is C20H24N6OS. The molecule has 1 fully saturated rings. The van der Waals surface area contributed by atoms with Crippen molar-refractivity contribution in [2.24, 2.45) is 0 Å². The minimum atomic E-state index is -0.312. The molecule has 3 unspecified atom stereocenters. The zero-order chi connectivity index (χ0) is 19.3.